The van der Waals surface area contributed by atoms with Crippen molar-refractivity contribution in [3.8, 4) is 0 Å². The summed E-state index contributed by atoms with van der Waals surface area (Å²) in [4.78, 5) is 54.8. The molecule has 0 radical (unpaired) electrons. The van der Waals surface area contributed by atoms with Gasteiger partial charge in [0.1, 0.15) is 17.6 Å². The van der Waals surface area contributed by atoms with Crippen molar-refractivity contribution in [1.29, 1.82) is 0 Å². The molecule has 2 aliphatic rings. The molecule has 1 fully saturated rings. The molecule has 2 heterocycles. The molecule has 0 unspecified atom stereocenters. The second kappa shape index (κ2) is 43.9. The Labute approximate surface area is 436 Å². The van der Waals surface area contributed by atoms with E-state index in [0.717, 1.165) is 50.6 Å². The first-order chi connectivity index (χ1) is 36.3. The lowest BCUT2D eigenvalue weighted by molar-refractivity contribution is -0.138. The van der Waals surface area contributed by atoms with E-state index in [1.165, 1.54) is 0 Å². The quantitative estimate of drug-likeness (QED) is 0.0683. The molecule has 1 aromatic rings. The van der Waals surface area contributed by atoms with E-state index in [0.29, 0.717) is 195 Å². The Hall–Kier alpha value is -4.34. The maximum absolute atomic E-state index is 13.7. The Bertz CT molecular complexity index is 1700. The minimum atomic E-state index is -0.883. The first-order valence-electron chi connectivity index (χ1n) is 26.4. The van der Waals surface area contributed by atoms with Crippen LogP contribution in [0, 0.1) is 0 Å². The van der Waals surface area contributed by atoms with Crippen molar-refractivity contribution >= 4 is 41.5 Å². The van der Waals surface area contributed by atoms with Crippen LogP contribution in [0.15, 0.2) is 16.8 Å². The minimum absolute atomic E-state index is 0.0134. The highest BCUT2D eigenvalue weighted by Gasteiger charge is 2.24. The molecule has 1 aliphatic carbocycles. The van der Waals surface area contributed by atoms with Crippen LogP contribution in [0.4, 0.5) is 10.5 Å². The number of amidine groups is 1. The van der Waals surface area contributed by atoms with Gasteiger partial charge >= 0.3 is 12.1 Å². The van der Waals surface area contributed by atoms with Gasteiger partial charge in [0.15, 0.2) is 0 Å². The lowest BCUT2D eigenvalue weighted by atomic mass is 9.96. The third kappa shape index (κ3) is 32.9. The molecule has 3 amide bonds. The predicted molar refractivity (Wildman–Crippen MR) is 272 cm³/mol. The third-order valence-electron chi connectivity index (χ3n) is 11.1. The maximum atomic E-state index is 13.7. The average molecular weight is 1060 g/mol. The van der Waals surface area contributed by atoms with Crippen LogP contribution in [0.2, 0.25) is 0 Å². The molecule has 3 rings (SSSR count). The molecule has 0 saturated heterocycles. The van der Waals surface area contributed by atoms with Gasteiger partial charge in [0.25, 0.3) is 0 Å². The van der Waals surface area contributed by atoms with Gasteiger partial charge in [-0.1, -0.05) is 6.92 Å². The van der Waals surface area contributed by atoms with Crippen LogP contribution in [-0.2, 0) is 77.8 Å². The normalized spacial score (nSPS) is 13.4. The van der Waals surface area contributed by atoms with E-state index in [4.69, 9.17) is 67.7 Å². The number of alkyl carbamates (subject to hydrolysis) is 1. The molecule has 0 atom stereocenters. The molecule has 1 saturated carbocycles. The number of hydrogen-bond acceptors (Lipinski definition) is 19. The number of rotatable bonds is 50. The Morgan fingerprint density at radius 1 is 0.635 bits per heavy atom. The van der Waals surface area contributed by atoms with Gasteiger partial charge in [-0.2, -0.15) is 5.10 Å². The zero-order valence-corrected chi connectivity index (χ0v) is 43.9. The molecule has 0 bridgehead atoms. The van der Waals surface area contributed by atoms with E-state index in [1.807, 2.05) is 17.7 Å². The fourth-order valence-corrected chi connectivity index (χ4v) is 6.98. The number of nitrogens with zero attached hydrogens (tertiary/aromatic N) is 4. The topological polar surface area (TPSA) is 283 Å². The number of amides is 3. The standard InChI is InChI=1S/C50H87N7O17/c1-2-14-56(15-7-13-53-50(62)74-43-8-6-9-43)49(61)42-39-45-44(55-46(51)40-42)41-54-57(45)16-5-3-4-12-52-47(58)10-17-63-19-21-65-23-25-67-27-29-69-31-33-71-35-37-73-38-36-72-34-32-70-30-28-68-26-24-66-22-20-64-18-11-48(59)60/h39,41,43H,2-38,40H2,1H3,(H2,51,55)(H,52,58)(H,53,62)(H,59,60). The van der Waals surface area contributed by atoms with Crippen molar-refractivity contribution in [2.75, 3.05) is 172 Å². The summed E-state index contributed by atoms with van der Waals surface area (Å²) in [6.07, 6.45) is 10.5. The van der Waals surface area contributed by atoms with Crippen molar-refractivity contribution in [2.24, 2.45) is 10.7 Å². The number of carbonyl (C=O) groups excluding carboxylic acids is 3. The van der Waals surface area contributed by atoms with E-state index >= 15 is 0 Å². The zero-order valence-electron chi connectivity index (χ0n) is 43.9. The van der Waals surface area contributed by atoms with E-state index in [1.54, 1.807) is 11.1 Å². The van der Waals surface area contributed by atoms with Gasteiger partial charge in [0.05, 0.1) is 164 Å². The SMILES string of the molecule is CCCN(CCCNC(=O)OC1CCC1)C(=O)C1=Cc2c(cnn2CCCCCNC(=O)CCOCCOCCOCCOCCOCCOCCOCCOCCOCCOCCOCCC(=O)O)N=C(N)C1. The van der Waals surface area contributed by atoms with Gasteiger partial charge in [-0.25, -0.2) is 9.79 Å². The summed E-state index contributed by atoms with van der Waals surface area (Å²) in [5, 5.41) is 18.8. The molecule has 74 heavy (non-hydrogen) atoms. The number of aliphatic carboxylic acids is 1. The highest BCUT2D eigenvalue weighted by Crippen LogP contribution is 2.27. The third-order valence-corrected chi connectivity index (χ3v) is 11.1. The lowest BCUT2D eigenvalue weighted by Crippen LogP contribution is -2.37. The van der Waals surface area contributed by atoms with Crippen molar-refractivity contribution < 1.29 is 81.1 Å². The molecular weight excluding hydrogens is 971 g/mol. The monoisotopic (exact) mass is 1060 g/mol. The molecule has 5 N–H and O–H groups in total. The maximum Gasteiger partial charge on any atom is 0.407 e. The summed E-state index contributed by atoms with van der Waals surface area (Å²) in [5.74, 6) is -0.697. The van der Waals surface area contributed by atoms with Crippen LogP contribution in [0.25, 0.3) is 6.08 Å². The second-order valence-electron chi connectivity index (χ2n) is 17.2. The van der Waals surface area contributed by atoms with E-state index < -0.39 is 12.1 Å². The van der Waals surface area contributed by atoms with Crippen molar-refractivity contribution in [2.45, 2.75) is 90.2 Å². The van der Waals surface area contributed by atoms with Crippen LogP contribution >= 0.6 is 0 Å². The average Bonchev–Trinajstić information content (AvgIpc) is 3.65. The smallest absolute Gasteiger partial charge is 0.407 e. The number of ether oxygens (including phenoxy) is 12. The molecule has 24 nitrogen and oxygen atoms in total. The van der Waals surface area contributed by atoms with Crippen LogP contribution in [-0.4, -0.2) is 227 Å². The van der Waals surface area contributed by atoms with E-state index in [9.17, 15) is 19.2 Å². The Balaban J connectivity index is 1.04. The highest BCUT2D eigenvalue weighted by atomic mass is 16.6. The number of carboxylic acid groups (broad SMARTS) is 1. The molecule has 424 valence electrons. The molecule has 24 heteroatoms. The van der Waals surface area contributed by atoms with Gasteiger partial charge < -0.3 is 83.2 Å². The number of unbranched alkanes of at least 4 members (excludes halogenated alkanes) is 2. The largest absolute Gasteiger partial charge is 0.481 e. The molecular formula is C50H87N7O17. The van der Waals surface area contributed by atoms with E-state index in [2.05, 4.69) is 20.7 Å². The molecule has 0 aromatic carbocycles. The van der Waals surface area contributed by atoms with Crippen molar-refractivity contribution in [1.82, 2.24) is 25.3 Å². The molecule has 0 spiro atoms. The fourth-order valence-electron chi connectivity index (χ4n) is 6.98. The Morgan fingerprint density at radius 3 is 1.57 bits per heavy atom. The number of aliphatic imine (C=N–C) groups is 1. The number of nitrogens with one attached hydrogen (secondary N) is 2. The first kappa shape index (κ1) is 63.9. The summed E-state index contributed by atoms with van der Waals surface area (Å²) in [7, 11) is 0. The highest BCUT2D eigenvalue weighted by molar-refractivity contribution is 6.05. The van der Waals surface area contributed by atoms with Gasteiger partial charge in [0, 0.05) is 51.1 Å². The van der Waals surface area contributed by atoms with Crippen LogP contribution in [0.3, 0.4) is 0 Å². The number of aromatic nitrogens is 2. The van der Waals surface area contributed by atoms with Gasteiger partial charge in [-0.15, -0.1) is 0 Å². The minimum Gasteiger partial charge on any atom is -0.481 e. The number of carbonyl (C=O) groups is 4. The predicted octanol–water partition coefficient (Wildman–Crippen LogP) is 2.90. The zero-order chi connectivity index (χ0) is 52.9. The Kier molecular flexibility index (Phi) is 37.9. The van der Waals surface area contributed by atoms with Crippen LogP contribution in [0.1, 0.15) is 83.2 Å². The number of fused-ring (bicyclic) bond motifs is 1. The summed E-state index contributed by atoms with van der Waals surface area (Å²) < 4.78 is 67.1. The summed E-state index contributed by atoms with van der Waals surface area (Å²) >= 11 is 0. The van der Waals surface area contributed by atoms with E-state index in [-0.39, 0.29) is 43.8 Å². The van der Waals surface area contributed by atoms with Gasteiger partial charge in [0.2, 0.25) is 11.8 Å². The summed E-state index contributed by atoms with van der Waals surface area (Å²) in [6.45, 7) is 14.0. The Morgan fingerprint density at radius 2 is 1.11 bits per heavy atom. The number of hydrogen-bond donors (Lipinski definition) is 4. The fraction of sp³-hybridized carbons (Fsp3) is 0.800. The molecule has 1 aliphatic heterocycles. The second-order valence-corrected chi connectivity index (χ2v) is 17.2. The summed E-state index contributed by atoms with van der Waals surface area (Å²) in [5.41, 5.74) is 8.17. The first-order valence-corrected chi connectivity index (χ1v) is 26.4. The van der Waals surface area contributed by atoms with Crippen molar-refractivity contribution in [3.63, 3.8) is 0 Å². The number of carboxylic acids is 1. The lowest BCUT2D eigenvalue weighted by Gasteiger charge is -2.25. The van der Waals surface area contributed by atoms with Crippen LogP contribution < -0.4 is 16.4 Å². The van der Waals surface area contributed by atoms with Gasteiger partial charge in [-0.3, -0.25) is 19.1 Å². The van der Waals surface area contributed by atoms with Crippen LogP contribution in [0.5, 0.6) is 0 Å². The molecule has 1 aromatic heterocycles. The summed E-state index contributed by atoms with van der Waals surface area (Å²) in [6, 6.07) is 0. The van der Waals surface area contributed by atoms with Crippen molar-refractivity contribution in [3.05, 3.63) is 17.5 Å². The number of aryl methyl sites for hydroxylation is 1. The number of nitrogens with two attached hydrogens (primary N) is 1. The van der Waals surface area contributed by atoms with Gasteiger partial charge in [-0.05, 0) is 57.4 Å².